The summed E-state index contributed by atoms with van der Waals surface area (Å²) >= 11 is 5.38. The average Bonchev–Trinajstić information content (AvgIpc) is 4.11. The number of aromatic amines is 1. The molecule has 0 aliphatic carbocycles. The molecule has 5 aromatic rings. The maximum atomic E-state index is 15.9. The van der Waals surface area contributed by atoms with E-state index in [2.05, 4.69) is 25.3 Å². The van der Waals surface area contributed by atoms with Crippen LogP contribution in [-0.2, 0) is 31.5 Å². The highest BCUT2D eigenvalue weighted by Gasteiger charge is 2.52. The van der Waals surface area contributed by atoms with Gasteiger partial charge in [0.1, 0.15) is 46.7 Å². The van der Waals surface area contributed by atoms with Gasteiger partial charge < -0.3 is 34.0 Å². The van der Waals surface area contributed by atoms with E-state index in [9.17, 15) is 40.7 Å². The summed E-state index contributed by atoms with van der Waals surface area (Å²) in [7, 11) is 0. The molecular weight excluding hydrogens is 983 g/mol. The molecule has 2 saturated heterocycles. The van der Waals surface area contributed by atoms with Crippen molar-refractivity contribution in [2.75, 3.05) is 36.2 Å². The minimum atomic E-state index is -5.33. The van der Waals surface area contributed by atoms with Crippen molar-refractivity contribution in [3.8, 4) is 34.5 Å². The number of alkyl halides is 6. The third kappa shape index (κ3) is 10.6. The lowest BCUT2D eigenvalue weighted by Crippen LogP contribution is -2.55. The maximum Gasteiger partial charge on any atom is 0.420 e. The molecule has 382 valence electrons. The third-order valence-electron chi connectivity index (χ3n) is 12.1. The van der Waals surface area contributed by atoms with E-state index in [1.165, 1.54) is 32.4 Å². The number of benzene rings is 2. The Hall–Kier alpha value is -7.00. The van der Waals surface area contributed by atoms with Gasteiger partial charge in [0, 0.05) is 24.8 Å². The summed E-state index contributed by atoms with van der Waals surface area (Å²) in [5, 5.41) is 11.4. The number of carbonyl (C=O) groups excluding carboxylic acids is 3. The monoisotopic (exact) mass is 1030 g/mol. The number of aromatic nitrogens is 4. The van der Waals surface area contributed by atoms with Crippen molar-refractivity contribution in [2.45, 2.75) is 97.2 Å². The maximum absolute atomic E-state index is 15.9. The average molecular weight is 1030 g/mol. The highest BCUT2D eigenvalue weighted by atomic mass is 32.1. The number of rotatable bonds is 15. The number of nitriles is 1. The van der Waals surface area contributed by atoms with E-state index in [0.717, 1.165) is 35.7 Å². The summed E-state index contributed by atoms with van der Waals surface area (Å²) in [5.74, 6) is -4.17. The smallest absolute Gasteiger partial charge is 0.420 e. The van der Waals surface area contributed by atoms with Crippen molar-refractivity contribution in [3.63, 3.8) is 0 Å². The van der Waals surface area contributed by atoms with Gasteiger partial charge in [0.05, 0.1) is 59.3 Å². The van der Waals surface area contributed by atoms with E-state index < -0.39 is 91.5 Å². The number of amides is 3. The fraction of sp³-hybridized carbons (Fsp3) is 0.417. The van der Waals surface area contributed by atoms with Gasteiger partial charge in [-0.3, -0.25) is 24.3 Å². The Kier molecular flexibility index (Phi) is 14.9. The molecule has 24 heteroatoms. The fourth-order valence-corrected chi connectivity index (χ4v) is 9.04. The van der Waals surface area contributed by atoms with Gasteiger partial charge in [0.2, 0.25) is 11.8 Å². The van der Waals surface area contributed by atoms with Crippen LogP contribution in [0.2, 0.25) is 0 Å². The summed E-state index contributed by atoms with van der Waals surface area (Å²) in [5.41, 5.74) is -8.09. The summed E-state index contributed by atoms with van der Waals surface area (Å²) in [6.45, 7) is 9.93. The Bertz CT molecular complexity index is 2940. The van der Waals surface area contributed by atoms with Crippen LogP contribution in [0.4, 0.5) is 46.5 Å². The topological polar surface area (TPSA) is 183 Å². The number of ether oxygens (including phenoxy) is 2. The predicted molar refractivity (Wildman–Crippen MR) is 247 cm³/mol. The minimum Gasteiger partial charge on any atom is -0.494 e. The lowest BCUT2D eigenvalue weighted by molar-refractivity contribution is -0.141. The first-order valence-electron chi connectivity index (χ1n) is 22.4. The van der Waals surface area contributed by atoms with Gasteiger partial charge in [-0.15, -0.1) is 0 Å². The van der Waals surface area contributed by atoms with Crippen molar-refractivity contribution in [1.29, 1.82) is 5.26 Å². The molecule has 3 amide bonds. The first-order chi connectivity index (χ1) is 33.7. The van der Waals surface area contributed by atoms with Gasteiger partial charge in [-0.25, -0.2) is 18.7 Å². The Morgan fingerprint density at radius 3 is 2.38 bits per heavy atom. The zero-order chi connectivity index (χ0) is 52.7. The second-order valence-corrected chi connectivity index (χ2v) is 19.0. The number of nitrogens with one attached hydrogen (secondary N) is 2. The van der Waals surface area contributed by atoms with Crippen LogP contribution in [0.3, 0.4) is 0 Å². The van der Waals surface area contributed by atoms with Crippen LogP contribution < -0.4 is 19.9 Å². The minimum absolute atomic E-state index is 0.0641. The van der Waals surface area contributed by atoms with Crippen molar-refractivity contribution < 1.29 is 63.4 Å². The van der Waals surface area contributed by atoms with Crippen molar-refractivity contribution in [3.05, 3.63) is 95.0 Å². The number of hydrogen-bond acceptors (Lipinski definition) is 11. The number of oxazole rings is 1. The van der Waals surface area contributed by atoms with E-state index in [1.807, 2.05) is 20.8 Å². The Morgan fingerprint density at radius 2 is 1.74 bits per heavy atom. The van der Waals surface area contributed by atoms with Gasteiger partial charge in [-0.1, -0.05) is 20.8 Å². The molecule has 2 fully saturated rings. The van der Waals surface area contributed by atoms with Crippen LogP contribution >= 0.6 is 12.2 Å². The molecule has 7 rings (SSSR count). The second-order valence-electron chi connectivity index (χ2n) is 18.6. The molecule has 2 unspecified atom stereocenters. The van der Waals surface area contributed by atoms with Crippen LogP contribution in [0.25, 0.3) is 22.7 Å². The Morgan fingerprint density at radius 1 is 1.01 bits per heavy atom. The normalized spacial score (nSPS) is 16.6. The van der Waals surface area contributed by atoms with Crippen LogP contribution in [-0.4, -0.2) is 85.6 Å². The molecule has 0 spiro atoms. The number of anilines is 2. The number of imidazole rings is 1. The number of pyridine rings is 1. The number of likely N-dealkylation sites (tertiary alicyclic amines) is 1. The lowest BCUT2D eigenvalue weighted by Gasteiger charge is -2.35. The number of thiocarbonyl (C=S) groups is 1. The third-order valence-corrected chi connectivity index (χ3v) is 12.5. The molecule has 3 aromatic heterocycles. The number of halogens is 8. The molecule has 72 heavy (non-hydrogen) atoms. The van der Waals surface area contributed by atoms with Crippen LogP contribution in [0, 0.1) is 35.3 Å². The van der Waals surface area contributed by atoms with Gasteiger partial charge in [-0.2, -0.15) is 31.6 Å². The standard InChI is InChI=1S/C48H47F8N9O6S/c1-25-39(71-24-60-25)32-22-59-41(61-32)34-10-9-15-63(34)42(67)40(45(2,3)4)62-35(66)23-69-16-7-8-17-70-28-12-13-29(30(19-28)47(51,52)53)38-31(49)18-27(21-58-38)65-44(72)64(43(68)46(65,5)6)33-14-11-26(20-57)36(37(33)50)48(54,55)56/h11-14,18-19,21-22,24,34,40H,7-10,15-17,23H2,1-6H3,(H,59,61)(H,62,66). The predicted octanol–water partition coefficient (Wildman–Crippen LogP) is 9.61. The zero-order valence-corrected chi connectivity index (χ0v) is 40.3. The molecule has 2 aromatic carbocycles. The van der Waals surface area contributed by atoms with E-state index in [-0.39, 0.29) is 43.2 Å². The number of aryl methyl sites for hydroxylation is 1. The molecule has 0 radical (unpaired) electrons. The van der Waals surface area contributed by atoms with Crippen LogP contribution in [0.15, 0.2) is 59.6 Å². The van der Waals surface area contributed by atoms with E-state index in [4.69, 9.17) is 31.4 Å². The summed E-state index contributed by atoms with van der Waals surface area (Å²) in [6, 6.07) is 4.98. The number of unbranched alkanes of at least 4 members (excludes halogenated alkanes) is 1. The second kappa shape index (κ2) is 20.2. The molecular formula is C48H47F8N9O6S. The van der Waals surface area contributed by atoms with Gasteiger partial charge in [0.15, 0.2) is 28.9 Å². The van der Waals surface area contributed by atoms with Crippen LogP contribution in [0.1, 0.15) is 94.6 Å². The first kappa shape index (κ1) is 52.8. The fourth-order valence-electron chi connectivity index (χ4n) is 8.53. The Labute approximate surface area is 412 Å². The van der Waals surface area contributed by atoms with E-state index in [1.54, 1.807) is 18.0 Å². The van der Waals surface area contributed by atoms with Crippen molar-refractivity contribution in [2.24, 2.45) is 5.41 Å². The van der Waals surface area contributed by atoms with Gasteiger partial charge in [0.25, 0.3) is 5.91 Å². The van der Waals surface area contributed by atoms with Gasteiger partial charge >= 0.3 is 12.4 Å². The largest absolute Gasteiger partial charge is 0.494 e. The molecule has 2 atom stereocenters. The van der Waals surface area contributed by atoms with E-state index in [0.29, 0.717) is 65.8 Å². The van der Waals surface area contributed by atoms with Crippen molar-refractivity contribution in [1.82, 2.24) is 30.2 Å². The van der Waals surface area contributed by atoms with Crippen LogP contribution in [0.5, 0.6) is 5.75 Å². The zero-order valence-electron chi connectivity index (χ0n) is 39.5. The SMILES string of the molecule is Cc1ncoc1-c1cnc(C2CCCN2C(=O)C(NC(=O)COCCCCOc2ccc(-c3ncc(N4C(=S)N(c5ccc(C#N)c(C(F)(F)F)c5F)C(=O)C4(C)C)cc3F)c(C(F)(F)F)c2)C(C)(C)C)[nH]1. The quantitative estimate of drug-likeness (QED) is 0.0576. The summed E-state index contributed by atoms with van der Waals surface area (Å²) in [6.07, 6.45) is -4.47. The highest BCUT2D eigenvalue weighted by molar-refractivity contribution is 7.81. The van der Waals surface area contributed by atoms with Crippen molar-refractivity contribution >= 4 is 46.4 Å². The molecule has 5 heterocycles. The van der Waals surface area contributed by atoms with E-state index >= 15 is 8.78 Å². The number of hydrogen-bond donors (Lipinski definition) is 2. The molecule has 2 aliphatic heterocycles. The molecule has 0 saturated carbocycles. The molecule has 2 N–H and O–H groups in total. The molecule has 15 nitrogen and oxygen atoms in total. The number of nitrogens with zero attached hydrogens (tertiary/aromatic N) is 7. The number of carbonyl (C=O) groups is 3. The summed E-state index contributed by atoms with van der Waals surface area (Å²) in [4.78, 5) is 59.6. The lowest BCUT2D eigenvalue weighted by atomic mass is 9.85. The first-order valence-corrected chi connectivity index (χ1v) is 22.8. The Balaban J connectivity index is 0.938. The highest BCUT2D eigenvalue weighted by Crippen LogP contribution is 2.44. The summed E-state index contributed by atoms with van der Waals surface area (Å²) < 4.78 is 133. The molecule has 0 bridgehead atoms. The molecule has 2 aliphatic rings. The van der Waals surface area contributed by atoms with Gasteiger partial charge in [-0.05, 0) is 94.4 Å². The number of H-pyrrole nitrogens is 1.